The van der Waals surface area contributed by atoms with Crippen molar-refractivity contribution in [3.05, 3.63) is 22.5 Å². The molecular weight excluding hydrogens is 346 g/mol. The van der Waals surface area contributed by atoms with E-state index in [0.29, 0.717) is 28.4 Å². The molecule has 0 aliphatic carbocycles. The molecule has 2 aromatic rings. The summed E-state index contributed by atoms with van der Waals surface area (Å²) in [6.45, 7) is 7.97. The standard InChI is InChI=1S/C16H22BrN3O2/c1-16(2,3)6-9-7-20(8-10(9)18)15(21)12-4-13-11(19-12)5-14(17)22-13/h4-5,9-10,19H,6-8,18H2,1-3H3/t9-,10-/m1/s1. The van der Waals surface area contributed by atoms with Gasteiger partial charge in [-0.15, -0.1) is 0 Å². The van der Waals surface area contributed by atoms with Crippen LogP contribution in [0.2, 0.25) is 0 Å². The van der Waals surface area contributed by atoms with Crippen LogP contribution in [0.25, 0.3) is 11.1 Å². The largest absolute Gasteiger partial charge is 0.448 e. The Morgan fingerprint density at radius 1 is 1.45 bits per heavy atom. The fourth-order valence-electron chi connectivity index (χ4n) is 3.24. The van der Waals surface area contributed by atoms with Crippen LogP contribution < -0.4 is 5.73 Å². The third-order valence-electron chi connectivity index (χ3n) is 4.16. The van der Waals surface area contributed by atoms with Crippen LogP contribution in [0.4, 0.5) is 0 Å². The molecule has 0 bridgehead atoms. The predicted octanol–water partition coefficient (Wildman–Crippen LogP) is 3.36. The number of nitrogens with one attached hydrogen (secondary N) is 1. The van der Waals surface area contributed by atoms with E-state index >= 15 is 0 Å². The number of nitrogens with zero attached hydrogens (tertiary/aromatic N) is 1. The number of fused-ring (bicyclic) bond motifs is 1. The smallest absolute Gasteiger partial charge is 0.270 e. The lowest BCUT2D eigenvalue weighted by molar-refractivity contribution is 0.0778. The molecule has 2 atom stereocenters. The molecule has 6 heteroatoms. The van der Waals surface area contributed by atoms with E-state index in [9.17, 15) is 4.79 Å². The van der Waals surface area contributed by atoms with E-state index in [-0.39, 0.29) is 17.4 Å². The maximum Gasteiger partial charge on any atom is 0.270 e. The Morgan fingerprint density at radius 3 is 2.82 bits per heavy atom. The van der Waals surface area contributed by atoms with Gasteiger partial charge in [0.05, 0.1) is 5.52 Å². The van der Waals surface area contributed by atoms with Crippen molar-refractivity contribution in [1.29, 1.82) is 0 Å². The minimum atomic E-state index is -0.00520. The number of amides is 1. The van der Waals surface area contributed by atoms with Gasteiger partial charge in [0.2, 0.25) is 0 Å². The Labute approximate surface area is 138 Å². The summed E-state index contributed by atoms with van der Waals surface area (Å²) in [7, 11) is 0. The Bertz CT molecular complexity index is 666. The lowest BCUT2D eigenvalue weighted by atomic mass is 9.83. The molecular formula is C16H22BrN3O2. The summed E-state index contributed by atoms with van der Waals surface area (Å²) in [5.74, 6) is 0.352. The number of carbonyl (C=O) groups is 1. The second-order valence-electron chi connectivity index (χ2n) is 7.41. The maximum atomic E-state index is 12.6. The fraction of sp³-hybridized carbons (Fsp3) is 0.562. The summed E-state index contributed by atoms with van der Waals surface area (Å²) in [6, 6.07) is 3.63. The summed E-state index contributed by atoms with van der Waals surface area (Å²) in [5.41, 5.74) is 8.53. The van der Waals surface area contributed by atoms with E-state index in [2.05, 4.69) is 41.7 Å². The number of aromatic nitrogens is 1. The monoisotopic (exact) mass is 367 g/mol. The first-order valence-corrected chi connectivity index (χ1v) is 8.35. The highest BCUT2D eigenvalue weighted by molar-refractivity contribution is 9.10. The van der Waals surface area contributed by atoms with E-state index < -0.39 is 0 Å². The average Bonchev–Trinajstić information content (AvgIpc) is 3.00. The molecule has 1 aliphatic heterocycles. The molecule has 1 amide bonds. The number of likely N-dealkylation sites (tertiary alicyclic amines) is 1. The Kier molecular flexibility index (Phi) is 3.85. The van der Waals surface area contributed by atoms with Crippen LogP contribution in [0.1, 0.15) is 37.7 Å². The predicted molar refractivity (Wildman–Crippen MR) is 89.7 cm³/mol. The van der Waals surface area contributed by atoms with Gasteiger partial charge in [-0.3, -0.25) is 4.79 Å². The zero-order chi connectivity index (χ0) is 16.1. The summed E-state index contributed by atoms with van der Waals surface area (Å²) in [4.78, 5) is 17.6. The van der Waals surface area contributed by atoms with E-state index in [1.165, 1.54) is 0 Å². The first-order valence-electron chi connectivity index (χ1n) is 7.56. The van der Waals surface area contributed by atoms with E-state index in [1.54, 1.807) is 6.07 Å². The normalized spacial score (nSPS) is 22.7. The van der Waals surface area contributed by atoms with Gasteiger partial charge in [-0.1, -0.05) is 20.8 Å². The van der Waals surface area contributed by atoms with E-state index in [4.69, 9.17) is 10.2 Å². The Balaban J connectivity index is 1.74. The van der Waals surface area contributed by atoms with Gasteiger partial charge in [0.15, 0.2) is 10.3 Å². The average molecular weight is 368 g/mol. The van der Waals surface area contributed by atoms with Crippen LogP contribution in [-0.4, -0.2) is 34.9 Å². The number of hydrogen-bond acceptors (Lipinski definition) is 3. The zero-order valence-electron chi connectivity index (χ0n) is 13.1. The minimum absolute atomic E-state index is 0.00520. The van der Waals surface area contributed by atoms with Gasteiger partial charge < -0.3 is 20.0 Å². The zero-order valence-corrected chi connectivity index (χ0v) is 14.7. The molecule has 0 spiro atoms. The number of furan rings is 1. The molecule has 3 N–H and O–H groups in total. The van der Waals surface area contributed by atoms with Crippen LogP contribution in [-0.2, 0) is 0 Å². The summed E-state index contributed by atoms with van der Waals surface area (Å²) in [6.07, 6.45) is 1.03. The Hall–Kier alpha value is -1.27. The topological polar surface area (TPSA) is 75.3 Å². The molecule has 120 valence electrons. The lowest BCUT2D eigenvalue weighted by Gasteiger charge is -2.24. The van der Waals surface area contributed by atoms with Crippen LogP contribution >= 0.6 is 15.9 Å². The molecule has 0 radical (unpaired) electrons. The van der Waals surface area contributed by atoms with Crippen LogP contribution in [0, 0.1) is 11.3 Å². The van der Waals surface area contributed by atoms with Crippen molar-refractivity contribution in [1.82, 2.24) is 9.88 Å². The number of rotatable bonds is 2. The van der Waals surface area contributed by atoms with E-state index in [1.807, 2.05) is 11.0 Å². The minimum Gasteiger partial charge on any atom is -0.448 e. The van der Waals surface area contributed by atoms with Crippen molar-refractivity contribution >= 4 is 32.9 Å². The highest BCUT2D eigenvalue weighted by Gasteiger charge is 2.35. The van der Waals surface area contributed by atoms with Crippen molar-refractivity contribution in [2.75, 3.05) is 13.1 Å². The van der Waals surface area contributed by atoms with Gasteiger partial charge in [0.1, 0.15) is 5.69 Å². The van der Waals surface area contributed by atoms with Gasteiger partial charge in [0.25, 0.3) is 5.91 Å². The van der Waals surface area contributed by atoms with Crippen molar-refractivity contribution in [3.8, 4) is 0 Å². The van der Waals surface area contributed by atoms with Gasteiger partial charge in [-0.05, 0) is 33.7 Å². The third kappa shape index (κ3) is 3.08. The first-order chi connectivity index (χ1) is 10.2. The molecule has 3 rings (SSSR count). The van der Waals surface area contributed by atoms with Crippen molar-refractivity contribution < 1.29 is 9.21 Å². The number of H-pyrrole nitrogens is 1. The molecule has 2 aromatic heterocycles. The second kappa shape index (κ2) is 5.42. The quantitative estimate of drug-likeness (QED) is 0.854. The first kappa shape index (κ1) is 15.6. The maximum absolute atomic E-state index is 12.6. The molecule has 0 unspecified atom stereocenters. The molecule has 22 heavy (non-hydrogen) atoms. The van der Waals surface area contributed by atoms with Gasteiger partial charge in [-0.2, -0.15) is 0 Å². The van der Waals surface area contributed by atoms with Crippen LogP contribution in [0.15, 0.2) is 21.2 Å². The number of halogens is 1. The van der Waals surface area contributed by atoms with Gasteiger partial charge in [0, 0.05) is 31.3 Å². The van der Waals surface area contributed by atoms with Crippen LogP contribution in [0.3, 0.4) is 0 Å². The third-order valence-corrected chi connectivity index (χ3v) is 4.55. The summed E-state index contributed by atoms with van der Waals surface area (Å²) in [5, 5.41) is 0. The fourth-order valence-corrected chi connectivity index (χ4v) is 3.64. The molecule has 3 heterocycles. The Morgan fingerprint density at radius 2 is 2.18 bits per heavy atom. The number of nitrogens with two attached hydrogens (primary N) is 1. The molecule has 1 saturated heterocycles. The molecule has 1 aliphatic rings. The van der Waals surface area contributed by atoms with Crippen molar-refractivity contribution in [2.24, 2.45) is 17.1 Å². The highest BCUT2D eigenvalue weighted by atomic mass is 79.9. The molecule has 1 fully saturated rings. The lowest BCUT2D eigenvalue weighted by Crippen LogP contribution is -2.33. The molecule has 0 aromatic carbocycles. The van der Waals surface area contributed by atoms with Crippen molar-refractivity contribution in [2.45, 2.75) is 33.2 Å². The second-order valence-corrected chi connectivity index (χ2v) is 8.19. The summed E-state index contributed by atoms with van der Waals surface area (Å²) >= 11 is 3.28. The van der Waals surface area contributed by atoms with E-state index in [0.717, 1.165) is 18.5 Å². The number of carbonyl (C=O) groups excluding carboxylic acids is 1. The van der Waals surface area contributed by atoms with Crippen molar-refractivity contribution in [3.63, 3.8) is 0 Å². The number of aromatic amines is 1. The van der Waals surface area contributed by atoms with Gasteiger partial charge >= 0.3 is 0 Å². The highest BCUT2D eigenvalue weighted by Crippen LogP contribution is 2.31. The molecule has 5 nitrogen and oxygen atoms in total. The molecule has 0 saturated carbocycles. The summed E-state index contributed by atoms with van der Waals surface area (Å²) < 4.78 is 6.11. The van der Waals surface area contributed by atoms with Crippen LogP contribution in [0.5, 0.6) is 0 Å². The van der Waals surface area contributed by atoms with Gasteiger partial charge in [-0.25, -0.2) is 0 Å². The number of hydrogen-bond donors (Lipinski definition) is 2. The SMILES string of the molecule is CC(C)(C)C[C@@H]1CN(C(=O)c2cc3oc(Br)cc3[nH]2)C[C@H]1N.